The summed E-state index contributed by atoms with van der Waals surface area (Å²) in [7, 11) is 0. The van der Waals surface area contributed by atoms with E-state index in [2.05, 4.69) is 31.3 Å². The van der Waals surface area contributed by atoms with E-state index in [1.54, 1.807) is 0 Å². The normalized spacial score (nSPS) is 10.2. The van der Waals surface area contributed by atoms with E-state index in [0.29, 0.717) is 16.8 Å². The Morgan fingerprint density at radius 1 is 0.655 bits per heavy atom. The molecule has 1 aromatic heterocycles. The molecular formula is C22H18N6S. The predicted molar refractivity (Wildman–Crippen MR) is 120 cm³/mol. The van der Waals surface area contributed by atoms with Crippen molar-refractivity contribution >= 4 is 29.0 Å². The number of hydrogen-bond donors (Lipinski definition) is 3. The van der Waals surface area contributed by atoms with Crippen molar-refractivity contribution in [3.63, 3.8) is 0 Å². The van der Waals surface area contributed by atoms with Gasteiger partial charge in [-0.2, -0.15) is 0 Å². The van der Waals surface area contributed by atoms with Crippen LogP contribution in [0.2, 0.25) is 0 Å². The number of para-hydroxylation sites is 1. The standard InChI is InChI=1S/C22H18N6S/c29-22(23-18-14-8-3-9-15-18)28-27-21-24-19(16-10-4-1-5-11-16)20(25-26-21)17-12-6-2-7-13-17/h1-15H,(H2,23,28,29)(H,24,26,27). The van der Waals surface area contributed by atoms with Gasteiger partial charge < -0.3 is 5.32 Å². The van der Waals surface area contributed by atoms with Gasteiger partial charge in [-0.25, -0.2) is 4.98 Å². The molecule has 0 saturated heterocycles. The molecule has 7 heteroatoms. The van der Waals surface area contributed by atoms with Crippen molar-refractivity contribution < 1.29 is 0 Å². The molecule has 0 aliphatic heterocycles. The fraction of sp³-hybridized carbons (Fsp3) is 0. The number of rotatable bonds is 5. The van der Waals surface area contributed by atoms with E-state index < -0.39 is 0 Å². The fourth-order valence-corrected chi connectivity index (χ4v) is 2.93. The van der Waals surface area contributed by atoms with Crippen LogP contribution in [0.4, 0.5) is 11.6 Å². The quantitative estimate of drug-likeness (QED) is 0.337. The van der Waals surface area contributed by atoms with Gasteiger partial charge >= 0.3 is 0 Å². The largest absolute Gasteiger partial charge is 0.331 e. The van der Waals surface area contributed by atoms with Gasteiger partial charge in [-0.3, -0.25) is 10.9 Å². The number of hydrogen-bond acceptors (Lipinski definition) is 5. The molecule has 0 unspecified atom stereocenters. The van der Waals surface area contributed by atoms with Gasteiger partial charge in [-0.05, 0) is 24.4 Å². The van der Waals surface area contributed by atoms with E-state index >= 15 is 0 Å². The Hall–Kier alpha value is -3.84. The van der Waals surface area contributed by atoms with E-state index in [1.165, 1.54) is 0 Å². The van der Waals surface area contributed by atoms with Crippen LogP contribution in [0.15, 0.2) is 91.0 Å². The smallest absolute Gasteiger partial charge is 0.262 e. The summed E-state index contributed by atoms with van der Waals surface area (Å²) in [6.45, 7) is 0. The first-order chi connectivity index (χ1) is 14.3. The van der Waals surface area contributed by atoms with Crippen LogP contribution >= 0.6 is 12.2 Å². The number of benzene rings is 3. The lowest BCUT2D eigenvalue weighted by Gasteiger charge is -2.13. The molecule has 29 heavy (non-hydrogen) atoms. The monoisotopic (exact) mass is 398 g/mol. The molecule has 0 amide bonds. The van der Waals surface area contributed by atoms with Crippen molar-refractivity contribution in [1.82, 2.24) is 20.6 Å². The minimum Gasteiger partial charge on any atom is -0.331 e. The van der Waals surface area contributed by atoms with Crippen molar-refractivity contribution in [3.05, 3.63) is 91.0 Å². The molecule has 0 atom stereocenters. The Bertz CT molecular complexity index is 1090. The van der Waals surface area contributed by atoms with Gasteiger partial charge in [0, 0.05) is 16.8 Å². The highest BCUT2D eigenvalue weighted by atomic mass is 32.1. The number of aromatic nitrogens is 3. The first-order valence-corrected chi connectivity index (χ1v) is 9.44. The van der Waals surface area contributed by atoms with Crippen molar-refractivity contribution in [2.24, 2.45) is 0 Å². The van der Waals surface area contributed by atoms with E-state index in [9.17, 15) is 0 Å². The molecule has 3 N–H and O–H groups in total. The highest BCUT2D eigenvalue weighted by molar-refractivity contribution is 7.80. The molecule has 0 bridgehead atoms. The summed E-state index contributed by atoms with van der Waals surface area (Å²) in [5, 5.41) is 12.1. The summed E-state index contributed by atoms with van der Waals surface area (Å²) in [4.78, 5) is 4.66. The molecule has 4 aromatic rings. The summed E-state index contributed by atoms with van der Waals surface area (Å²) in [6.07, 6.45) is 0. The van der Waals surface area contributed by atoms with Gasteiger partial charge in [0.15, 0.2) is 5.11 Å². The summed E-state index contributed by atoms with van der Waals surface area (Å²) >= 11 is 5.30. The Kier molecular flexibility index (Phi) is 5.68. The van der Waals surface area contributed by atoms with Gasteiger partial charge in [0.25, 0.3) is 5.95 Å². The molecule has 0 radical (unpaired) electrons. The molecule has 6 nitrogen and oxygen atoms in total. The zero-order chi connectivity index (χ0) is 19.9. The van der Waals surface area contributed by atoms with Crippen LogP contribution in [-0.2, 0) is 0 Å². The molecule has 0 fully saturated rings. The van der Waals surface area contributed by atoms with E-state index in [-0.39, 0.29) is 0 Å². The first-order valence-electron chi connectivity index (χ1n) is 9.03. The molecule has 1 heterocycles. The van der Waals surface area contributed by atoms with Gasteiger partial charge in [0.1, 0.15) is 11.4 Å². The molecule has 4 rings (SSSR count). The molecule has 0 spiro atoms. The number of hydrazine groups is 1. The Morgan fingerprint density at radius 2 is 1.21 bits per heavy atom. The Morgan fingerprint density at radius 3 is 1.83 bits per heavy atom. The zero-order valence-electron chi connectivity index (χ0n) is 15.4. The van der Waals surface area contributed by atoms with Gasteiger partial charge in [0.2, 0.25) is 0 Å². The molecule has 142 valence electrons. The van der Waals surface area contributed by atoms with Crippen LogP contribution in [0, 0.1) is 0 Å². The average Bonchev–Trinajstić information content (AvgIpc) is 2.79. The summed E-state index contributed by atoms with van der Waals surface area (Å²) in [5.74, 6) is 0.320. The molecule has 0 aliphatic rings. The highest BCUT2D eigenvalue weighted by Crippen LogP contribution is 2.28. The van der Waals surface area contributed by atoms with Crippen LogP contribution in [0.1, 0.15) is 0 Å². The van der Waals surface area contributed by atoms with E-state index in [0.717, 1.165) is 22.5 Å². The summed E-state index contributed by atoms with van der Waals surface area (Å²) in [6, 6.07) is 29.4. The first kappa shape index (κ1) is 18.5. The number of nitrogens with zero attached hydrogens (tertiary/aromatic N) is 3. The maximum Gasteiger partial charge on any atom is 0.262 e. The van der Waals surface area contributed by atoms with Crippen LogP contribution in [0.3, 0.4) is 0 Å². The van der Waals surface area contributed by atoms with Crippen LogP contribution in [0.25, 0.3) is 22.5 Å². The highest BCUT2D eigenvalue weighted by Gasteiger charge is 2.13. The maximum absolute atomic E-state index is 5.30. The predicted octanol–water partition coefficient (Wildman–Crippen LogP) is 4.52. The van der Waals surface area contributed by atoms with E-state index in [4.69, 9.17) is 12.2 Å². The average molecular weight is 398 g/mol. The zero-order valence-corrected chi connectivity index (χ0v) is 16.2. The van der Waals surface area contributed by atoms with E-state index in [1.807, 2.05) is 91.0 Å². The van der Waals surface area contributed by atoms with Crippen LogP contribution in [-0.4, -0.2) is 20.3 Å². The van der Waals surface area contributed by atoms with Crippen molar-refractivity contribution in [2.75, 3.05) is 10.7 Å². The second-order valence-electron chi connectivity index (χ2n) is 6.13. The summed E-state index contributed by atoms with van der Waals surface area (Å²) in [5.41, 5.74) is 10.0. The third kappa shape index (κ3) is 4.72. The maximum atomic E-state index is 5.30. The SMILES string of the molecule is S=C(NNc1nnc(-c2ccccc2)c(-c2ccccc2)n1)Nc1ccccc1. The molecule has 3 aromatic carbocycles. The summed E-state index contributed by atoms with van der Waals surface area (Å²) < 4.78 is 0. The third-order valence-electron chi connectivity index (χ3n) is 4.10. The molecule has 0 saturated carbocycles. The van der Waals surface area contributed by atoms with Gasteiger partial charge in [-0.1, -0.05) is 78.9 Å². The van der Waals surface area contributed by atoms with Crippen LogP contribution < -0.4 is 16.2 Å². The second kappa shape index (κ2) is 8.90. The minimum atomic E-state index is 0.320. The van der Waals surface area contributed by atoms with Gasteiger partial charge in [-0.15, -0.1) is 10.2 Å². The number of anilines is 2. The number of thiocarbonyl (C=S) groups is 1. The lowest BCUT2D eigenvalue weighted by Crippen LogP contribution is -2.34. The Labute approximate surface area is 174 Å². The fourth-order valence-electron chi connectivity index (χ4n) is 2.76. The molecule has 0 aliphatic carbocycles. The van der Waals surface area contributed by atoms with Crippen molar-refractivity contribution in [3.8, 4) is 22.5 Å². The van der Waals surface area contributed by atoms with Gasteiger partial charge in [0.05, 0.1) is 0 Å². The van der Waals surface area contributed by atoms with Crippen molar-refractivity contribution in [1.29, 1.82) is 0 Å². The van der Waals surface area contributed by atoms with Crippen molar-refractivity contribution in [2.45, 2.75) is 0 Å². The lowest BCUT2D eigenvalue weighted by molar-refractivity contribution is 0.946. The number of nitrogens with one attached hydrogen (secondary N) is 3. The van der Waals surface area contributed by atoms with Crippen LogP contribution in [0.5, 0.6) is 0 Å². The lowest BCUT2D eigenvalue weighted by atomic mass is 10.0. The second-order valence-corrected chi connectivity index (χ2v) is 6.54. The minimum absolute atomic E-state index is 0.320. The Balaban J connectivity index is 1.56. The topological polar surface area (TPSA) is 74.8 Å². The third-order valence-corrected chi connectivity index (χ3v) is 4.30. The molecular weight excluding hydrogens is 380 g/mol.